The van der Waals surface area contributed by atoms with Gasteiger partial charge >= 0.3 is 0 Å². The molecule has 5 unspecified atom stereocenters. The molecule has 0 amide bonds. The molecule has 0 radical (unpaired) electrons. The van der Waals surface area contributed by atoms with Crippen LogP contribution in [0.15, 0.2) is 231 Å². The second-order valence-electron chi connectivity index (χ2n) is 27.9. The first-order valence-corrected chi connectivity index (χ1v) is 38.8. The van der Waals surface area contributed by atoms with Gasteiger partial charge in [0.2, 0.25) is 0 Å². The molecule has 0 saturated carbocycles. The summed E-state index contributed by atoms with van der Waals surface area (Å²) in [7, 11) is 0. The van der Waals surface area contributed by atoms with Gasteiger partial charge in [0.15, 0.2) is 29.1 Å². The van der Waals surface area contributed by atoms with E-state index in [1.807, 2.05) is 169 Å². The number of aromatic nitrogens is 21. The Morgan fingerprint density at radius 2 is 0.658 bits per heavy atom. The second-order valence-corrected chi connectivity index (χ2v) is 29.6. The van der Waals surface area contributed by atoms with Crippen molar-refractivity contribution >= 4 is 46.4 Å². The van der Waals surface area contributed by atoms with E-state index in [4.69, 9.17) is 51.4 Å². The van der Waals surface area contributed by atoms with Gasteiger partial charge in [-0.1, -0.05) is 131 Å². The fourth-order valence-electron chi connectivity index (χ4n) is 14.9. The first-order valence-electron chi connectivity index (χ1n) is 37.3. The Bertz CT molecular complexity index is 5370. The number of hydrogen-bond acceptors (Lipinski definition) is 16. The molecule has 0 bridgehead atoms. The summed E-state index contributed by atoms with van der Waals surface area (Å²) in [5.41, 5.74) is 10.9. The third kappa shape index (κ3) is 17.6. The highest BCUT2D eigenvalue weighted by Gasteiger charge is 2.31. The molecule has 5 atom stereocenters. The Morgan fingerprint density at radius 3 is 1.05 bits per heavy atom. The average Bonchev–Trinajstić information content (AvgIpc) is 1.65. The Balaban J connectivity index is 0.000000105. The largest absolute Gasteiger partial charge is 0.259 e. The summed E-state index contributed by atoms with van der Waals surface area (Å²) in [5.74, 6) is 10.1. The molecule has 5 aliphatic heterocycles. The van der Waals surface area contributed by atoms with Crippen molar-refractivity contribution in [2.75, 3.05) is 0 Å². The van der Waals surface area contributed by atoms with Crippen LogP contribution in [0, 0.1) is 12.7 Å². The number of fused-ring (bicyclic) bond motifs is 5. The van der Waals surface area contributed by atoms with Gasteiger partial charge in [0.1, 0.15) is 63.4 Å². The minimum Gasteiger partial charge on any atom is -0.259 e. The molecule has 0 spiro atoms. The van der Waals surface area contributed by atoms with Crippen LogP contribution in [0.5, 0.6) is 0 Å². The van der Waals surface area contributed by atoms with E-state index in [0.717, 1.165) is 186 Å². The summed E-state index contributed by atoms with van der Waals surface area (Å²) in [4.78, 5) is 49.3. The van der Waals surface area contributed by atoms with Crippen molar-refractivity contribution in [1.82, 2.24) is 104 Å². The van der Waals surface area contributed by atoms with Crippen molar-refractivity contribution < 1.29 is 4.39 Å². The van der Waals surface area contributed by atoms with Gasteiger partial charge in [0.05, 0.1) is 10.7 Å². The molecule has 26 heteroatoms. The molecule has 111 heavy (non-hydrogen) atoms. The van der Waals surface area contributed by atoms with E-state index in [1.165, 1.54) is 28.3 Å². The van der Waals surface area contributed by atoms with E-state index in [9.17, 15) is 4.39 Å². The quantitative estimate of drug-likeness (QED) is 0.124. The number of hydrogen-bond donors (Lipinski definition) is 0. The van der Waals surface area contributed by atoms with Gasteiger partial charge in [-0.2, -0.15) is 0 Å². The van der Waals surface area contributed by atoms with Crippen LogP contribution in [0.4, 0.5) is 4.39 Å². The van der Waals surface area contributed by atoms with Crippen molar-refractivity contribution in [1.29, 1.82) is 0 Å². The lowest BCUT2D eigenvalue weighted by Gasteiger charge is -2.23. The van der Waals surface area contributed by atoms with Crippen LogP contribution in [-0.2, 0) is 64.8 Å². The zero-order valence-electron chi connectivity index (χ0n) is 60.7. The minimum absolute atomic E-state index is 0.182. The number of pyridine rings is 6. The van der Waals surface area contributed by atoms with Gasteiger partial charge in [-0.15, -0.1) is 25.5 Å². The highest BCUT2D eigenvalue weighted by atomic mass is 35.5. The standard InChI is InChI=1S/C18H17ClN4.2C17H15ClN4.C17H15FN4.C16H14ClN5/c1-12-5-6-14(15(19)10-12)13-7-9-23-17(11-13)21-18(22-23)16-4-2-3-8-20-16;18-14-5-3-4-12(10-14)13-7-9-22-16(11-13)20-17(21-22)15-6-1-2-8-19-15;18-14-6-2-1-5-13(14)12-8-10-22-16(11-12)20-17(21-22)15-7-3-4-9-19-15;18-14-5-3-4-12(10-14)13-7-9-22-16(11-13)20-17(21-22)15-6-1-2-8-19-15;17-12-4-3-8-19-15(12)11-6-9-22-14(10-11)20-16(21-22)13-5-1-2-7-18-13/h2-6,8,10,13H,7,9,11H2,1H3;1-6,8,10,13H,7,9,11H2;1-7,9,12H,8,10-11H2;1-6,8,10,13H,7,9,11H2;1-5,7-8,11H,6,9-10H2. The smallest absolute Gasteiger partial charge is 0.200 e. The Morgan fingerprint density at radius 1 is 0.306 bits per heavy atom. The minimum atomic E-state index is -0.182. The third-order valence-corrected chi connectivity index (χ3v) is 21.8. The zero-order valence-corrected chi connectivity index (χ0v) is 63.7. The van der Waals surface area contributed by atoms with Crippen LogP contribution in [0.2, 0.25) is 20.1 Å². The molecule has 0 N–H and O–H groups in total. The number of aryl methyl sites for hydroxylation is 6. The predicted octanol–water partition coefficient (Wildman–Crippen LogP) is 17.8. The molecule has 15 aromatic rings. The third-order valence-electron chi connectivity index (χ3n) is 20.6. The highest BCUT2D eigenvalue weighted by Crippen LogP contribution is 2.38. The maximum atomic E-state index is 13.4. The first kappa shape index (κ1) is 73.7. The van der Waals surface area contributed by atoms with E-state index in [0.29, 0.717) is 58.7 Å². The molecular weight excluding hydrogens is 1480 g/mol. The van der Waals surface area contributed by atoms with E-state index in [2.05, 4.69) is 113 Å². The van der Waals surface area contributed by atoms with Crippen LogP contribution in [0.1, 0.15) is 124 Å². The number of rotatable bonds is 10. The van der Waals surface area contributed by atoms with Crippen LogP contribution < -0.4 is 0 Å². The van der Waals surface area contributed by atoms with Crippen molar-refractivity contribution in [3.8, 4) is 57.6 Å². The van der Waals surface area contributed by atoms with E-state index < -0.39 is 0 Å². The maximum absolute atomic E-state index is 13.4. The normalized spacial score (nSPS) is 17.2. The first-order chi connectivity index (χ1) is 54.4. The molecule has 5 aliphatic rings. The number of benzene rings is 4. The van der Waals surface area contributed by atoms with Gasteiger partial charge in [0.25, 0.3) is 0 Å². The SMILES string of the molecule is Cc1ccc(C2CCn3nc(-c4ccccn4)nc3C2)c(Cl)c1.Clc1cccc(C2CCn3nc(-c4ccccn4)nc3C2)c1.Clc1ccccc1C1CCn2nc(-c3ccccn3)nc2C1.Clc1cccnc1C1CCn2nc(-c3ccccn3)nc2C1.Fc1cccc(C2CCn3nc(-c4ccccn4)nc3C2)c1. The zero-order chi connectivity index (χ0) is 75.6. The summed E-state index contributed by atoms with van der Waals surface area (Å²) >= 11 is 25.1. The van der Waals surface area contributed by atoms with Crippen molar-refractivity contribution in [3.05, 3.63) is 320 Å². The van der Waals surface area contributed by atoms with Gasteiger partial charge in [-0.3, -0.25) is 29.9 Å². The number of nitrogens with zero attached hydrogens (tertiary/aromatic N) is 21. The predicted molar refractivity (Wildman–Crippen MR) is 426 cm³/mol. The molecule has 21 nitrogen and oxygen atoms in total. The van der Waals surface area contributed by atoms with Crippen molar-refractivity contribution in [2.45, 2.75) is 133 Å². The van der Waals surface area contributed by atoms with E-state index >= 15 is 0 Å². The van der Waals surface area contributed by atoms with Gasteiger partial charge in [-0.05, 0) is 200 Å². The summed E-state index contributed by atoms with van der Waals surface area (Å²) in [6.07, 6.45) is 19.8. The van der Waals surface area contributed by atoms with Crippen LogP contribution >= 0.6 is 46.4 Å². The Kier molecular flexibility index (Phi) is 22.7. The fourth-order valence-corrected chi connectivity index (χ4v) is 16.0. The molecule has 0 saturated heterocycles. The number of halogens is 5. The molecule has 0 fully saturated rings. The highest BCUT2D eigenvalue weighted by molar-refractivity contribution is 6.32. The Hall–Kier alpha value is -11.4. The van der Waals surface area contributed by atoms with Crippen LogP contribution in [0.3, 0.4) is 0 Å². The van der Waals surface area contributed by atoms with Gasteiger partial charge in [-0.25, -0.2) is 52.7 Å². The van der Waals surface area contributed by atoms with Crippen molar-refractivity contribution in [2.24, 2.45) is 0 Å². The molecule has 556 valence electrons. The molecule has 20 rings (SSSR count). The summed E-state index contributed by atoms with van der Waals surface area (Å²) in [5, 5.41) is 26.1. The lowest BCUT2D eigenvalue weighted by atomic mass is 9.89. The molecule has 4 aromatic carbocycles. The molecule has 0 aliphatic carbocycles. The summed E-state index contributed by atoms with van der Waals surface area (Å²) < 4.78 is 23.3. The monoisotopic (exact) mass is 1550 g/mol. The van der Waals surface area contributed by atoms with Crippen LogP contribution in [-0.4, -0.2) is 104 Å². The van der Waals surface area contributed by atoms with Gasteiger partial charge in [0, 0.05) is 123 Å². The average molecular weight is 1550 g/mol. The maximum Gasteiger partial charge on any atom is 0.200 e. The second kappa shape index (κ2) is 34.2. The van der Waals surface area contributed by atoms with E-state index in [-0.39, 0.29) is 5.82 Å². The lowest BCUT2D eigenvalue weighted by Crippen LogP contribution is -2.20. The fraction of sp³-hybridized carbons (Fsp3) is 0.247. The molecule has 16 heterocycles. The van der Waals surface area contributed by atoms with Crippen LogP contribution in [0.25, 0.3) is 57.6 Å². The summed E-state index contributed by atoms with van der Waals surface area (Å²) in [6, 6.07) is 61.9. The Labute approximate surface area is 661 Å². The lowest BCUT2D eigenvalue weighted by molar-refractivity contribution is 0.429. The van der Waals surface area contributed by atoms with E-state index in [1.54, 1.807) is 49.3 Å². The molecule has 11 aromatic heterocycles. The summed E-state index contributed by atoms with van der Waals surface area (Å²) in [6.45, 7) is 6.30. The topological polar surface area (TPSA) is 231 Å². The molecular formula is C85H76Cl4FN21. The van der Waals surface area contributed by atoms with Crippen molar-refractivity contribution in [3.63, 3.8) is 0 Å². The van der Waals surface area contributed by atoms with Gasteiger partial charge < -0.3 is 0 Å².